The summed E-state index contributed by atoms with van der Waals surface area (Å²) < 4.78 is 1.70. The number of hydrogen-bond donors (Lipinski definition) is 0. The summed E-state index contributed by atoms with van der Waals surface area (Å²) in [5, 5.41) is 4.23. The Morgan fingerprint density at radius 1 is 1.35 bits per heavy atom. The molecular weight excluding hydrogens is 218 g/mol. The SMILES string of the molecule is Cc1nn(C)c(C)c1C(=O)N1CCCC(=O)C1. The monoisotopic (exact) mass is 235 g/mol. The molecule has 0 spiro atoms. The molecule has 17 heavy (non-hydrogen) atoms. The minimum absolute atomic E-state index is 0.0684. The Balaban J connectivity index is 2.27. The summed E-state index contributed by atoms with van der Waals surface area (Å²) in [5.74, 6) is 0.0740. The molecule has 0 atom stereocenters. The van der Waals surface area contributed by atoms with E-state index in [-0.39, 0.29) is 18.2 Å². The van der Waals surface area contributed by atoms with Crippen LogP contribution in [0.3, 0.4) is 0 Å². The van der Waals surface area contributed by atoms with Crippen molar-refractivity contribution in [3.05, 3.63) is 17.0 Å². The minimum Gasteiger partial charge on any atom is -0.331 e. The summed E-state index contributed by atoms with van der Waals surface area (Å²) in [5.41, 5.74) is 2.22. The molecule has 5 nitrogen and oxygen atoms in total. The van der Waals surface area contributed by atoms with Crippen LogP contribution in [-0.4, -0.2) is 39.5 Å². The van der Waals surface area contributed by atoms with Gasteiger partial charge in [-0.3, -0.25) is 14.3 Å². The van der Waals surface area contributed by atoms with E-state index >= 15 is 0 Å². The number of Topliss-reactive ketones (excluding diaryl/α,β-unsaturated/α-hetero) is 1. The summed E-state index contributed by atoms with van der Waals surface area (Å²) in [4.78, 5) is 25.3. The fraction of sp³-hybridized carbons (Fsp3) is 0.583. The predicted octanol–water partition coefficient (Wildman–Crippen LogP) is 0.842. The zero-order chi connectivity index (χ0) is 12.6. The fourth-order valence-electron chi connectivity index (χ4n) is 2.25. The van der Waals surface area contributed by atoms with Crippen molar-refractivity contribution in [1.82, 2.24) is 14.7 Å². The van der Waals surface area contributed by atoms with Crippen molar-refractivity contribution in [3.8, 4) is 0 Å². The lowest BCUT2D eigenvalue weighted by molar-refractivity contribution is -0.121. The second kappa shape index (κ2) is 4.31. The summed E-state index contributed by atoms with van der Waals surface area (Å²) in [6.45, 7) is 4.61. The van der Waals surface area contributed by atoms with Crippen LogP contribution in [0, 0.1) is 13.8 Å². The highest BCUT2D eigenvalue weighted by Gasteiger charge is 2.26. The summed E-state index contributed by atoms with van der Waals surface area (Å²) in [6, 6.07) is 0. The van der Waals surface area contributed by atoms with Crippen LogP contribution < -0.4 is 0 Å². The lowest BCUT2D eigenvalue weighted by atomic mass is 10.1. The van der Waals surface area contributed by atoms with Crippen molar-refractivity contribution in [1.29, 1.82) is 0 Å². The number of amides is 1. The van der Waals surface area contributed by atoms with Gasteiger partial charge in [0.15, 0.2) is 5.78 Å². The lowest BCUT2D eigenvalue weighted by Gasteiger charge is -2.25. The Hall–Kier alpha value is -1.65. The first-order valence-electron chi connectivity index (χ1n) is 5.82. The second-order valence-electron chi connectivity index (χ2n) is 4.54. The quantitative estimate of drug-likeness (QED) is 0.725. The Morgan fingerprint density at radius 2 is 2.06 bits per heavy atom. The first kappa shape index (κ1) is 11.8. The third-order valence-electron chi connectivity index (χ3n) is 3.26. The number of rotatable bonds is 1. The predicted molar refractivity (Wildman–Crippen MR) is 62.8 cm³/mol. The van der Waals surface area contributed by atoms with E-state index in [0.717, 1.165) is 17.8 Å². The zero-order valence-corrected chi connectivity index (χ0v) is 10.5. The largest absolute Gasteiger partial charge is 0.331 e. The van der Waals surface area contributed by atoms with Gasteiger partial charge in [0.2, 0.25) is 0 Å². The van der Waals surface area contributed by atoms with Crippen molar-refractivity contribution in [2.45, 2.75) is 26.7 Å². The summed E-state index contributed by atoms with van der Waals surface area (Å²) in [6.07, 6.45) is 1.36. The van der Waals surface area contributed by atoms with Gasteiger partial charge in [-0.25, -0.2) is 0 Å². The summed E-state index contributed by atoms with van der Waals surface area (Å²) >= 11 is 0. The number of carbonyl (C=O) groups is 2. The van der Waals surface area contributed by atoms with E-state index < -0.39 is 0 Å². The van der Waals surface area contributed by atoms with E-state index in [1.165, 1.54) is 0 Å². The van der Waals surface area contributed by atoms with Crippen molar-refractivity contribution >= 4 is 11.7 Å². The Labute approximate surface area is 100 Å². The van der Waals surface area contributed by atoms with E-state index in [0.29, 0.717) is 18.5 Å². The molecule has 0 bridgehead atoms. The van der Waals surface area contributed by atoms with Gasteiger partial charge >= 0.3 is 0 Å². The van der Waals surface area contributed by atoms with E-state index in [1.54, 1.807) is 9.58 Å². The van der Waals surface area contributed by atoms with E-state index in [2.05, 4.69) is 5.10 Å². The maximum Gasteiger partial charge on any atom is 0.257 e. The maximum atomic E-state index is 12.3. The third-order valence-corrected chi connectivity index (χ3v) is 3.26. The van der Waals surface area contributed by atoms with Crippen LogP contribution in [0.4, 0.5) is 0 Å². The molecule has 1 aromatic heterocycles. The Kier molecular flexibility index (Phi) is 3.00. The third kappa shape index (κ3) is 2.09. The number of aromatic nitrogens is 2. The smallest absolute Gasteiger partial charge is 0.257 e. The highest BCUT2D eigenvalue weighted by Crippen LogP contribution is 2.17. The van der Waals surface area contributed by atoms with Crippen LogP contribution in [0.5, 0.6) is 0 Å². The molecule has 92 valence electrons. The van der Waals surface area contributed by atoms with Gasteiger partial charge in [-0.2, -0.15) is 5.10 Å². The number of piperidine rings is 1. The number of ketones is 1. The highest BCUT2D eigenvalue weighted by molar-refractivity contribution is 5.99. The van der Waals surface area contributed by atoms with Crippen LogP contribution in [0.25, 0.3) is 0 Å². The van der Waals surface area contributed by atoms with Crippen LogP contribution in [0.2, 0.25) is 0 Å². The number of nitrogens with zero attached hydrogens (tertiary/aromatic N) is 3. The minimum atomic E-state index is -0.0684. The Bertz CT molecular complexity index is 476. The van der Waals surface area contributed by atoms with Crippen LogP contribution in [0.15, 0.2) is 0 Å². The standard InChI is InChI=1S/C12H17N3O2/c1-8-11(9(2)14(3)13-8)12(17)15-6-4-5-10(16)7-15/h4-7H2,1-3H3. The fourth-order valence-corrected chi connectivity index (χ4v) is 2.25. The first-order valence-corrected chi connectivity index (χ1v) is 5.82. The first-order chi connectivity index (χ1) is 8.00. The molecule has 2 rings (SSSR count). The second-order valence-corrected chi connectivity index (χ2v) is 4.54. The molecule has 1 aliphatic heterocycles. The molecule has 1 saturated heterocycles. The normalized spacial score (nSPS) is 16.4. The van der Waals surface area contributed by atoms with Crippen LogP contribution >= 0.6 is 0 Å². The molecule has 0 unspecified atom stereocenters. The molecule has 1 fully saturated rings. The molecule has 1 aliphatic rings. The number of aryl methyl sites for hydroxylation is 2. The van der Waals surface area contributed by atoms with Gasteiger partial charge in [0.05, 0.1) is 17.8 Å². The molecule has 0 radical (unpaired) electrons. The van der Waals surface area contributed by atoms with Crippen molar-refractivity contribution in [2.24, 2.45) is 7.05 Å². The van der Waals surface area contributed by atoms with Crippen LogP contribution in [-0.2, 0) is 11.8 Å². The van der Waals surface area contributed by atoms with Crippen molar-refractivity contribution in [3.63, 3.8) is 0 Å². The van der Waals surface area contributed by atoms with Gasteiger partial charge < -0.3 is 4.90 Å². The van der Waals surface area contributed by atoms with Gasteiger partial charge in [0, 0.05) is 25.7 Å². The van der Waals surface area contributed by atoms with Gasteiger partial charge in [0.1, 0.15) is 0 Å². The van der Waals surface area contributed by atoms with Gasteiger partial charge in [-0.05, 0) is 20.3 Å². The molecule has 0 aliphatic carbocycles. The maximum absolute atomic E-state index is 12.3. The molecule has 0 aromatic carbocycles. The van der Waals surface area contributed by atoms with Crippen molar-refractivity contribution < 1.29 is 9.59 Å². The zero-order valence-electron chi connectivity index (χ0n) is 10.5. The van der Waals surface area contributed by atoms with E-state index in [1.807, 2.05) is 20.9 Å². The molecule has 0 N–H and O–H groups in total. The molecule has 1 amide bonds. The van der Waals surface area contributed by atoms with Crippen molar-refractivity contribution in [2.75, 3.05) is 13.1 Å². The van der Waals surface area contributed by atoms with Gasteiger partial charge in [-0.1, -0.05) is 0 Å². The average molecular weight is 235 g/mol. The van der Waals surface area contributed by atoms with E-state index in [4.69, 9.17) is 0 Å². The molecule has 2 heterocycles. The number of likely N-dealkylation sites (tertiary alicyclic amines) is 1. The summed E-state index contributed by atoms with van der Waals surface area (Å²) in [7, 11) is 1.82. The highest BCUT2D eigenvalue weighted by atomic mass is 16.2. The molecular formula is C12H17N3O2. The molecule has 0 saturated carbocycles. The van der Waals surface area contributed by atoms with Crippen LogP contribution in [0.1, 0.15) is 34.6 Å². The van der Waals surface area contributed by atoms with Gasteiger partial charge in [-0.15, -0.1) is 0 Å². The Morgan fingerprint density at radius 3 is 2.59 bits per heavy atom. The topological polar surface area (TPSA) is 55.2 Å². The lowest BCUT2D eigenvalue weighted by Crippen LogP contribution is -2.40. The van der Waals surface area contributed by atoms with Gasteiger partial charge in [0.25, 0.3) is 5.91 Å². The molecule has 1 aromatic rings. The number of carbonyl (C=O) groups excluding carboxylic acids is 2. The molecule has 5 heteroatoms. The average Bonchev–Trinajstić information content (AvgIpc) is 2.52. The van der Waals surface area contributed by atoms with E-state index in [9.17, 15) is 9.59 Å². The number of hydrogen-bond acceptors (Lipinski definition) is 3.